The van der Waals surface area contributed by atoms with Crippen molar-refractivity contribution in [1.29, 1.82) is 0 Å². The van der Waals surface area contributed by atoms with Crippen LogP contribution in [0.1, 0.15) is 44.1 Å². The minimum atomic E-state index is -3.42. The van der Waals surface area contributed by atoms with Crippen molar-refractivity contribution in [2.45, 2.75) is 38.5 Å². The molecule has 0 spiro atoms. The lowest BCUT2D eigenvalue weighted by molar-refractivity contribution is -0.125. The highest BCUT2D eigenvalue weighted by molar-refractivity contribution is 7.57. The maximum atomic E-state index is 13.3. The maximum Gasteiger partial charge on any atom is 0.245 e. The molecule has 1 heterocycles. The van der Waals surface area contributed by atoms with E-state index in [1.807, 2.05) is 18.2 Å². The zero-order chi connectivity index (χ0) is 27.4. The van der Waals surface area contributed by atoms with Gasteiger partial charge in [-0.15, -0.1) is 0 Å². The van der Waals surface area contributed by atoms with Crippen LogP contribution in [0, 0.1) is 0 Å². The van der Waals surface area contributed by atoms with Crippen LogP contribution in [0.15, 0.2) is 66.4 Å². The second kappa shape index (κ2) is 14.6. The molecule has 0 saturated carbocycles. The van der Waals surface area contributed by atoms with Crippen molar-refractivity contribution in [3.63, 3.8) is 0 Å². The number of amides is 2. The standard InChI is InChI=1S/C26H38N5O5P/c1-4-19-18-31(22-13-9-8-12-21(22)25(27)26(30-28)20(19)5-2)24(33)15-14-23(32)29-16-10-6-7-11-17-36-37(3,34)35/h4-5,8-9,12-13,30,34-35H,1-3,6-7,10-11,14-18,27-28H2,(H,29,32)/b20-19-,26-25-. The van der Waals surface area contributed by atoms with E-state index in [1.165, 1.54) is 0 Å². The van der Waals surface area contributed by atoms with Gasteiger partial charge in [-0.25, -0.2) is 0 Å². The number of para-hydroxylation sites is 1. The van der Waals surface area contributed by atoms with E-state index < -0.39 is 7.57 Å². The number of allylic oxidation sites excluding steroid dienone is 1. The van der Waals surface area contributed by atoms with E-state index >= 15 is 0 Å². The van der Waals surface area contributed by atoms with Gasteiger partial charge in [-0.1, -0.05) is 56.4 Å². The van der Waals surface area contributed by atoms with Crippen LogP contribution in [0.3, 0.4) is 0 Å². The number of carbonyl (C=O) groups excluding carboxylic acids is 2. The molecule has 0 atom stereocenters. The monoisotopic (exact) mass is 531 g/mol. The van der Waals surface area contributed by atoms with Gasteiger partial charge in [0.05, 0.1) is 30.2 Å². The summed E-state index contributed by atoms with van der Waals surface area (Å²) in [6.45, 7) is 8.69. The fourth-order valence-electron chi connectivity index (χ4n) is 3.97. The third kappa shape index (κ3) is 9.03. The first kappa shape index (κ1) is 30.1. The average Bonchev–Trinajstić information content (AvgIpc) is 2.86. The summed E-state index contributed by atoms with van der Waals surface area (Å²) in [4.78, 5) is 45.4. The molecular formula is C26H38N5O5P. The number of nitrogens with one attached hydrogen (secondary N) is 2. The van der Waals surface area contributed by atoms with Crippen LogP contribution in [0.2, 0.25) is 0 Å². The Hall–Kier alpha value is -3.14. The molecule has 2 amide bonds. The molecule has 202 valence electrons. The number of hydrogen-bond donors (Lipinski definition) is 6. The number of hydrogen-bond acceptors (Lipinski definition) is 8. The number of nitrogens with zero attached hydrogens (tertiary/aromatic N) is 1. The molecule has 0 unspecified atom stereocenters. The van der Waals surface area contributed by atoms with Gasteiger partial charge >= 0.3 is 0 Å². The van der Waals surface area contributed by atoms with Crippen LogP contribution in [-0.2, 0) is 14.1 Å². The highest BCUT2D eigenvalue weighted by Gasteiger charge is 2.26. The number of unbranched alkanes of at least 4 members (excludes halogenated alkanes) is 3. The lowest BCUT2D eigenvalue weighted by Gasteiger charge is -2.30. The molecule has 0 bridgehead atoms. The summed E-state index contributed by atoms with van der Waals surface area (Å²) in [6, 6.07) is 7.26. The van der Waals surface area contributed by atoms with Gasteiger partial charge in [0.15, 0.2) is 0 Å². The molecule has 1 aliphatic heterocycles. The second-order valence-electron chi connectivity index (χ2n) is 8.54. The second-order valence-corrected chi connectivity index (χ2v) is 10.1. The van der Waals surface area contributed by atoms with Gasteiger partial charge in [-0.3, -0.25) is 15.4 Å². The highest BCUT2D eigenvalue weighted by atomic mass is 31.2. The van der Waals surface area contributed by atoms with Crippen molar-refractivity contribution in [3.05, 3.63) is 72.0 Å². The van der Waals surface area contributed by atoms with Crippen molar-refractivity contribution >= 4 is 37.1 Å². The minimum absolute atomic E-state index is 0.0230. The van der Waals surface area contributed by atoms with Crippen LogP contribution in [0.4, 0.5) is 5.69 Å². The third-order valence-electron chi connectivity index (χ3n) is 5.85. The summed E-state index contributed by atoms with van der Waals surface area (Å²) in [6.07, 6.45) is 9.59. The van der Waals surface area contributed by atoms with Gasteiger partial charge in [0, 0.05) is 30.5 Å². The van der Waals surface area contributed by atoms with Gasteiger partial charge < -0.3 is 35.7 Å². The SMILES string of the molecule is C=C/C1=C(C=C)/C(NN)=C(/N)c2ccccc2N(C(=O)CCC(=O)NCCCCCCOP(=C)(O)O)C1. The molecule has 0 fully saturated rings. The topological polar surface area (TPSA) is 163 Å². The van der Waals surface area contributed by atoms with Crippen molar-refractivity contribution in [2.75, 3.05) is 24.6 Å². The molecule has 1 aliphatic rings. The molecule has 2 rings (SSSR count). The lowest BCUT2D eigenvalue weighted by Crippen LogP contribution is -2.37. The fourth-order valence-corrected chi connectivity index (χ4v) is 4.39. The van der Waals surface area contributed by atoms with Gasteiger partial charge in [0.25, 0.3) is 0 Å². The predicted molar refractivity (Wildman–Crippen MR) is 150 cm³/mol. The molecule has 11 heteroatoms. The fraction of sp³-hybridized carbons (Fsp3) is 0.346. The Kier molecular flexibility index (Phi) is 11.8. The largest absolute Gasteiger partial charge is 0.396 e. The first-order chi connectivity index (χ1) is 17.6. The third-order valence-corrected chi connectivity index (χ3v) is 6.45. The van der Waals surface area contributed by atoms with E-state index in [2.05, 4.69) is 30.2 Å². The van der Waals surface area contributed by atoms with E-state index in [0.717, 1.165) is 19.3 Å². The number of nitrogens with two attached hydrogens (primary N) is 2. The number of hydrazine groups is 1. The van der Waals surface area contributed by atoms with Crippen molar-refractivity contribution in [2.24, 2.45) is 11.6 Å². The molecule has 1 aromatic carbocycles. The van der Waals surface area contributed by atoms with Crippen molar-refractivity contribution in [1.82, 2.24) is 10.7 Å². The van der Waals surface area contributed by atoms with Crippen LogP contribution < -0.4 is 27.2 Å². The number of carbonyl (C=O) groups is 2. The number of fused-ring (bicyclic) bond motifs is 1. The zero-order valence-corrected chi connectivity index (χ0v) is 22.0. The average molecular weight is 532 g/mol. The van der Waals surface area contributed by atoms with Gasteiger partial charge in [-0.2, -0.15) is 0 Å². The Balaban J connectivity index is 1.98. The Morgan fingerprint density at radius 1 is 1.11 bits per heavy atom. The quantitative estimate of drug-likeness (QED) is 0.0923. The van der Waals surface area contributed by atoms with Crippen LogP contribution >= 0.6 is 7.57 Å². The van der Waals surface area contributed by atoms with Crippen LogP contribution in [-0.4, -0.2) is 47.6 Å². The summed E-state index contributed by atoms with van der Waals surface area (Å²) in [5.74, 6) is 5.34. The zero-order valence-electron chi connectivity index (χ0n) is 21.1. The molecular weight excluding hydrogens is 493 g/mol. The van der Waals surface area contributed by atoms with E-state index in [-0.39, 0.29) is 37.8 Å². The Morgan fingerprint density at radius 3 is 2.46 bits per heavy atom. The summed E-state index contributed by atoms with van der Waals surface area (Å²) < 4.78 is 4.83. The van der Waals surface area contributed by atoms with Crippen LogP contribution in [0.25, 0.3) is 5.70 Å². The van der Waals surface area contributed by atoms with Crippen LogP contribution in [0.5, 0.6) is 0 Å². The molecule has 37 heavy (non-hydrogen) atoms. The first-order valence-electron chi connectivity index (χ1n) is 12.1. The molecule has 0 saturated heterocycles. The molecule has 10 nitrogen and oxygen atoms in total. The molecule has 0 aliphatic carbocycles. The maximum absolute atomic E-state index is 13.3. The van der Waals surface area contributed by atoms with E-state index in [1.54, 1.807) is 23.1 Å². The van der Waals surface area contributed by atoms with Gasteiger partial charge in [-0.05, 0) is 30.8 Å². The lowest BCUT2D eigenvalue weighted by atomic mass is 9.96. The normalized spacial score (nSPS) is 17.9. The summed E-state index contributed by atoms with van der Waals surface area (Å²) in [7, 11) is -3.42. The predicted octanol–water partition coefficient (Wildman–Crippen LogP) is 2.45. The van der Waals surface area contributed by atoms with E-state index in [9.17, 15) is 9.59 Å². The van der Waals surface area contributed by atoms with E-state index in [4.69, 9.17) is 25.9 Å². The minimum Gasteiger partial charge on any atom is -0.396 e. The summed E-state index contributed by atoms with van der Waals surface area (Å²) >= 11 is 0. The Labute approximate surface area is 218 Å². The molecule has 0 aromatic heterocycles. The molecule has 8 N–H and O–H groups in total. The molecule has 0 radical (unpaired) electrons. The van der Waals surface area contributed by atoms with Crippen molar-refractivity contribution in [3.8, 4) is 0 Å². The van der Waals surface area contributed by atoms with Gasteiger partial charge in [0.2, 0.25) is 19.4 Å². The summed E-state index contributed by atoms with van der Waals surface area (Å²) in [5, 5.41) is 2.84. The van der Waals surface area contributed by atoms with Gasteiger partial charge in [0.1, 0.15) is 0 Å². The highest BCUT2D eigenvalue weighted by Crippen LogP contribution is 2.35. The number of benzene rings is 1. The Bertz CT molecular complexity index is 1110. The molecule has 1 aromatic rings. The number of anilines is 1. The Morgan fingerprint density at radius 2 is 1.81 bits per heavy atom. The number of rotatable bonds is 14. The first-order valence-corrected chi connectivity index (χ1v) is 13.9. The summed E-state index contributed by atoms with van der Waals surface area (Å²) in [5.41, 5.74) is 12.6. The van der Waals surface area contributed by atoms with E-state index in [0.29, 0.717) is 46.8 Å². The van der Waals surface area contributed by atoms with Crippen molar-refractivity contribution < 1.29 is 23.9 Å². The smallest absolute Gasteiger partial charge is 0.245 e.